The van der Waals surface area contributed by atoms with Gasteiger partial charge >= 0.3 is 0 Å². The van der Waals surface area contributed by atoms with Crippen molar-refractivity contribution < 1.29 is 8.91 Å². The molecule has 5 nitrogen and oxygen atoms in total. The van der Waals surface area contributed by atoms with Gasteiger partial charge in [0.2, 0.25) is 5.82 Å². The molecule has 3 aromatic rings. The molecule has 3 rings (SSSR count). The molecule has 7 heteroatoms. The van der Waals surface area contributed by atoms with Gasteiger partial charge in [0.25, 0.3) is 5.89 Å². The van der Waals surface area contributed by atoms with Crippen molar-refractivity contribution in [1.82, 2.24) is 15.1 Å². The van der Waals surface area contributed by atoms with E-state index < -0.39 is 5.82 Å². The third-order valence-corrected chi connectivity index (χ3v) is 2.92. The van der Waals surface area contributed by atoms with Crippen LogP contribution in [0.4, 0.5) is 10.1 Å². The maximum atomic E-state index is 12.9. The number of anilines is 1. The van der Waals surface area contributed by atoms with Crippen LogP contribution in [0.2, 0.25) is 0 Å². The molecule has 0 spiro atoms. The third kappa shape index (κ3) is 1.84. The van der Waals surface area contributed by atoms with Gasteiger partial charge in [0.05, 0.1) is 11.1 Å². The summed E-state index contributed by atoms with van der Waals surface area (Å²) in [5.41, 5.74) is 8.77. The lowest BCUT2D eigenvalue weighted by Crippen LogP contribution is -1.91. The number of hydrogen-bond acceptors (Lipinski definition) is 6. The van der Waals surface area contributed by atoms with Gasteiger partial charge in [-0.2, -0.15) is 4.98 Å². The highest BCUT2D eigenvalue weighted by molar-refractivity contribution is 7.07. The molecule has 2 heterocycles. The average molecular weight is 262 g/mol. The Morgan fingerprint density at radius 3 is 2.94 bits per heavy atom. The van der Waals surface area contributed by atoms with Crippen LogP contribution in [0, 0.1) is 5.82 Å². The molecule has 18 heavy (non-hydrogen) atoms. The zero-order valence-corrected chi connectivity index (χ0v) is 9.82. The normalized spacial score (nSPS) is 10.7. The Morgan fingerprint density at radius 2 is 2.22 bits per heavy atom. The van der Waals surface area contributed by atoms with E-state index in [0.717, 1.165) is 0 Å². The van der Waals surface area contributed by atoms with Gasteiger partial charge in [-0.15, -0.1) is 11.3 Å². The maximum Gasteiger partial charge on any atom is 0.260 e. The number of hydrogen-bond donors (Lipinski definition) is 1. The van der Waals surface area contributed by atoms with E-state index in [1.807, 2.05) is 5.38 Å². The molecule has 0 unspecified atom stereocenters. The molecular formula is C11H7FN4OS. The zero-order chi connectivity index (χ0) is 12.5. The summed E-state index contributed by atoms with van der Waals surface area (Å²) in [4.78, 5) is 8.25. The summed E-state index contributed by atoms with van der Waals surface area (Å²) >= 11 is 1.44. The van der Waals surface area contributed by atoms with Gasteiger partial charge in [0, 0.05) is 11.1 Å². The summed E-state index contributed by atoms with van der Waals surface area (Å²) in [6, 6.07) is 4.00. The maximum absolute atomic E-state index is 12.9. The van der Waals surface area contributed by atoms with Crippen LogP contribution in [-0.4, -0.2) is 15.1 Å². The molecule has 0 saturated carbocycles. The number of nitrogens with two attached hydrogens (primary N) is 1. The van der Waals surface area contributed by atoms with Gasteiger partial charge in [0.1, 0.15) is 11.5 Å². The smallest absolute Gasteiger partial charge is 0.260 e. The Hall–Kier alpha value is -2.28. The van der Waals surface area contributed by atoms with Crippen LogP contribution in [0.15, 0.2) is 33.6 Å². The van der Waals surface area contributed by atoms with Crippen LogP contribution < -0.4 is 5.73 Å². The molecule has 0 amide bonds. The average Bonchev–Trinajstić information content (AvgIpc) is 2.99. The lowest BCUT2D eigenvalue weighted by atomic mass is 10.2. The second-order valence-corrected chi connectivity index (χ2v) is 4.25. The van der Waals surface area contributed by atoms with Crippen molar-refractivity contribution in [2.75, 3.05) is 5.73 Å². The van der Waals surface area contributed by atoms with Gasteiger partial charge in [-0.25, -0.2) is 9.37 Å². The summed E-state index contributed by atoms with van der Waals surface area (Å²) in [7, 11) is 0. The summed E-state index contributed by atoms with van der Waals surface area (Å²) in [6.45, 7) is 0. The minimum atomic E-state index is -0.407. The molecule has 0 fully saturated rings. The second-order valence-electron chi connectivity index (χ2n) is 3.53. The van der Waals surface area contributed by atoms with Gasteiger partial charge in [-0.05, 0) is 18.2 Å². The number of nitrogens with zero attached hydrogens (tertiary/aromatic N) is 3. The summed E-state index contributed by atoms with van der Waals surface area (Å²) in [5, 5.41) is 5.62. The monoisotopic (exact) mass is 262 g/mol. The van der Waals surface area contributed by atoms with E-state index in [1.54, 1.807) is 5.51 Å². The predicted molar refractivity (Wildman–Crippen MR) is 65.2 cm³/mol. The topological polar surface area (TPSA) is 77.8 Å². The number of benzene rings is 1. The number of nitrogen functional groups attached to an aromatic ring is 1. The summed E-state index contributed by atoms with van der Waals surface area (Å²) in [6.07, 6.45) is 0. The first-order valence-corrected chi connectivity index (χ1v) is 5.96. The molecule has 2 aromatic heterocycles. The molecular weight excluding hydrogens is 255 g/mol. The van der Waals surface area contributed by atoms with Crippen molar-refractivity contribution in [3.05, 3.63) is 34.9 Å². The van der Waals surface area contributed by atoms with Gasteiger partial charge in [-0.1, -0.05) is 5.16 Å². The molecule has 1 aromatic carbocycles. The molecule has 0 aliphatic carbocycles. The van der Waals surface area contributed by atoms with E-state index in [-0.39, 0.29) is 11.6 Å². The SMILES string of the molecule is Nc1cc(F)ccc1-c1nc(-c2cscn2)no1. The lowest BCUT2D eigenvalue weighted by molar-refractivity contribution is 0.432. The second kappa shape index (κ2) is 4.19. The molecule has 0 aliphatic heterocycles. The molecule has 0 atom stereocenters. The molecule has 0 aliphatic rings. The van der Waals surface area contributed by atoms with E-state index in [4.69, 9.17) is 10.3 Å². The van der Waals surface area contributed by atoms with Crippen LogP contribution in [0.5, 0.6) is 0 Å². The standard InChI is InChI=1S/C11H7FN4OS/c12-6-1-2-7(8(13)3-6)11-15-10(16-17-11)9-4-18-5-14-9/h1-5H,13H2. The molecule has 0 radical (unpaired) electrons. The minimum absolute atomic E-state index is 0.246. The van der Waals surface area contributed by atoms with Crippen LogP contribution in [0.25, 0.3) is 23.0 Å². The zero-order valence-electron chi connectivity index (χ0n) is 9.00. The first-order chi connectivity index (χ1) is 8.74. The number of rotatable bonds is 2. The third-order valence-electron chi connectivity index (χ3n) is 2.33. The first-order valence-electron chi connectivity index (χ1n) is 5.02. The Balaban J connectivity index is 2.03. The highest BCUT2D eigenvalue weighted by Crippen LogP contribution is 2.27. The Kier molecular flexibility index (Phi) is 2.52. The van der Waals surface area contributed by atoms with Crippen molar-refractivity contribution in [3.8, 4) is 23.0 Å². The van der Waals surface area contributed by atoms with Crippen LogP contribution in [0.1, 0.15) is 0 Å². The fourth-order valence-corrected chi connectivity index (χ4v) is 2.02. The van der Waals surface area contributed by atoms with Crippen LogP contribution in [-0.2, 0) is 0 Å². The highest BCUT2D eigenvalue weighted by Gasteiger charge is 2.14. The van der Waals surface area contributed by atoms with E-state index in [2.05, 4.69) is 15.1 Å². The first kappa shape index (κ1) is 10.8. The van der Waals surface area contributed by atoms with E-state index >= 15 is 0 Å². The van der Waals surface area contributed by atoms with Crippen molar-refractivity contribution in [2.45, 2.75) is 0 Å². The summed E-state index contributed by atoms with van der Waals surface area (Å²) < 4.78 is 18.0. The van der Waals surface area contributed by atoms with Gasteiger partial charge < -0.3 is 10.3 Å². The minimum Gasteiger partial charge on any atom is -0.398 e. The largest absolute Gasteiger partial charge is 0.398 e. The molecule has 0 bridgehead atoms. The fourth-order valence-electron chi connectivity index (χ4n) is 1.49. The number of aromatic nitrogens is 3. The van der Waals surface area contributed by atoms with Crippen molar-refractivity contribution in [3.63, 3.8) is 0 Å². The summed E-state index contributed by atoms with van der Waals surface area (Å²) in [5.74, 6) is 0.223. The van der Waals surface area contributed by atoms with Gasteiger partial charge in [0.15, 0.2) is 0 Å². The van der Waals surface area contributed by atoms with E-state index in [0.29, 0.717) is 17.1 Å². The molecule has 2 N–H and O–H groups in total. The van der Waals surface area contributed by atoms with E-state index in [9.17, 15) is 4.39 Å². The lowest BCUT2D eigenvalue weighted by Gasteiger charge is -1.99. The Bertz CT molecular complexity index is 680. The fraction of sp³-hybridized carbons (Fsp3) is 0. The Labute approximate surface area is 105 Å². The quantitative estimate of drug-likeness (QED) is 0.718. The Morgan fingerprint density at radius 1 is 1.33 bits per heavy atom. The number of thiazole rings is 1. The van der Waals surface area contributed by atoms with E-state index in [1.165, 1.54) is 29.5 Å². The van der Waals surface area contributed by atoms with Crippen LogP contribution in [0.3, 0.4) is 0 Å². The van der Waals surface area contributed by atoms with Crippen LogP contribution >= 0.6 is 11.3 Å². The van der Waals surface area contributed by atoms with Crippen molar-refractivity contribution in [2.24, 2.45) is 0 Å². The molecule has 0 saturated heterocycles. The highest BCUT2D eigenvalue weighted by atomic mass is 32.1. The van der Waals surface area contributed by atoms with Crippen molar-refractivity contribution >= 4 is 17.0 Å². The number of halogens is 1. The predicted octanol–water partition coefficient (Wildman–Crippen LogP) is 2.58. The van der Waals surface area contributed by atoms with Gasteiger partial charge in [-0.3, -0.25) is 0 Å². The van der Waals surface area contributed by atoms with Crippen molar-refractivity contribution in [1.29, 1.82) is 0 Å². The molecule has 90 valence electrons.